The van der Waals surface area contributed by atoms with Gasteiger partial charge in [0.25, 0.3) is 0 Å². The molecule has 3 aliphatic rings. The Balaban J connectivity index is 1.29. The number of likely N-dealkylation sites (tertiary alicyclic amines) is 2. The van der Waals surface area contributed by atoms with E-state index in [2.05, 4.69) is 21.2 Å². The van der Waals surface area contributed by atoms with Crippen LogP contribution in [0.3, 0.4) is 0 Å². The maximum absolute atomic E-state index is 12.5. The summed E-state index contributed by atoms with van der Waals surface area (Å²) in [5.41, 5.74) is 0. The molecule has 0 saturated carbocycles. The fourth-order valence-corrected chi connectivity index (χ4v) is 5.06. The van der Waals surface area contributed by atoms with Crippen LogP contribution in [0.1, 0.15) is 24.1 Å². The van der Waals surface area contributed by atoms with Crippen molar-refractivity contribution < 1.29 is 9.53 Å². The molecule has 3 saturated heterocycles. The van der Waals surface area contributed by atoms with Gasteiger partial charge in [-0.15, -0.1) is 11.3 Å². The molecule has 0 aliphatic carbocycles. The van der Waals surface area contributed by atoms with Crippen molar-refractivity contribution in [2.45, 2.75) is 31.8 Å². The van der Waals surface area contributed by atoms with Crippen LogP contribution in [0.25, 0.3) is 0 Å². The van der Waals surface area contributed by atoms with Gasteiger partial charge in [-0.25, -0.2) is 0 Å². The van der Waals surface area contributed by atoms with E-state index in [1.807, 2.05) is 6.07 Å². The maximum atomic E-state index is 12.5. The number of piperidine rings is 1. The lowest BCUT2D eigenvalue weighted by Gasteiger charge is -2.35. The number of thiophene rings is 1. The van der Waals surface area contributed by atoms with Gasteiger partial charge >= 0.3 is 0 Å². The second-order valence-corrected chi connectivity index (χ2v) is 8.29. The van der Waals surface area contributed by atoms with Crippen LogP contribution < -0.4 is 0 Å². The van der Waals surface area contributed by atoms with Crippen molar-refractivity contribution >= 4 is 17.2 Å². The first kappa shape index (κ1) is 15.6. The summed E-state index contributed by atoms with van der Waals surface area (Å²) < 4.78 is 5.78. The molecule has 4 rings (SSSR count). The molecule has 5 heteroatoms. The summed E-state index contributed by atoms with van der Waals surface area (Å²) in [6.07, 6.45) is 4.70. The van der Waals surface area contributed by atoms with Gasteiger partial charge in [0.2, 0.25) is 5.91 Å². The van der Waals surface area contributed by atoms with Crippen molar-refractivity contribution in [3.63, 3.8) is 0 Å². The van der Waals surface area contributed by atoms with Gasteiger partial charge in [-0.1, -0.05) is 6.07 Å². The molecule has 0 bridgehead atoms. The minimum absolute atomic E-state index is 0.313. The molecule has 0 N–H and O–H groups in total. The first-order valence-electron chi connectivity index (χ1n) is 8.92. The maximum Gasteiger partial charge on any atom is 0.227 e. The number of carbonyl (C=O) groups is 1. The van der Waals surface area contributed by atoms with Crippen LogP contribution in [0.15, 0.2) is 17.5 Å². The predicted octanol–water partition coefficient (Wildman–Crippen LogP) is 2.25. The normalized spacial score (nSPS) is 31.5. The number of rotatable bonds is 4. The van der Waals surface area contributed by atoms with Crippen molar-refractivity contribution in [1.82, 2.24) is 9.80 Å². The number of fused-ring (bicyclic) bond motifs is 1. The molecule has 23 heavy (non-hydrogen) atoms. The predicted molar refractivity (Wildman–Crippen MR) is 91.6 cm³/mol. The molecule has 3 fully saturated rings. The molecule has 4 heterocycles. The number of amides is 1. The van der Waals surface area contributed by atoms with E-state index < -0.39 is 0 Å². The van der Waals surface area contributed by atoms with Crippen molar-refractivity contribution in [3.8, 4) is 0 Å². The zero-order valence-electron chi connectivity index (χ0n) is 13.7. The molecule has 3 aliphatic heterocycles. The van der Waals surface area contributed by atoms with E-state index in [0.29, 0.717) is 30.3 Å². The minimum Gasteiger partial charge on any atom is -0.377 e. The van der Waals surface area contributed by atoms with Crippen molar-refractivity contribution in [3.05, 3.63) is 22.4 Å². The quantitative estimate of drug-likeness (QED) is 0.847. The molecule has 1 aromatic rings. The monoisotopic (exact) mass is 334 g/mol. The molecule has 0 radical (unpaired) electrons. The van der Waals surface area contributed by atoms with Crippen LogP contribution in [-0.2, 0) is 16.0 Å². The Hall–Kier alpha value is -0.910. The fourth-order valence-electron chi connectivity index (χ4n) is 4.36. The molecular formula is C18H26N2O2S. The molecule has 4 nitrogen and oxygen atoms in total. The number of hydrogen-bond acceptors (Lipinski definition) is 4. The van der Waals surface area contributed by atoms with Crippen molar-refractivity contribution in [1.29, 1.82) is 0 Å². The summed E-state index contributed by atoms with van der Waals surface area (Å²) in [5, 5.41) is 2.05. The molecule has 1 amide bonds. The van der Waals surface area contributed by atoms with E-state index in [1.165, 1.54) is 30.7 Å². The number of ether oxygens (including phenoxy) is 1. The van der Waals surface area contributed by atoms with Gasteiger partial charge in [-0.05, 0) is 49.1 Å². The van der Waals surface area contributed by atoms with Gasteiger partial charge in [0.1, 0.15) is 0 Å². The Labute approximate surface area is 142 Å². The van der Waals surface area contributed by atoms with Crippen LogP contribution >= 0.6 is 11.3 Å². The van der Waals surface area contributed by atoms with Crippen LogP contribution in [0, 0.1) is 11.8 Å². The average molecular weight is 334 g/mol. The van der Waals surface area contributed by atoms with Crippen LogP contribution in [-0.4, -0.2) is 61.1 Å². The van der Waals surface area contributed by atoms with E-state index >= 15 is 0 Å². The number of carbonyl (C=O) groups excluding carboxylic acids is 1. The second-order valence-electron chi connectivity index (χ2n) is 7.26. The summed E-state index contributed by atoms with van der Waals surface area (Å²) in [6, 6.07) is 4.09. The first-order chi connectivity index (χ1) is 11.3. The van der Waals surface area contributed by atoms with E-state index in [-0.39, 0.29) is 0 Å². The largest absolute Gasteiger partial charge is 0.377 e. The zero-order valence-corrected chi connectivity index (χ0v) is 14.5. The van der Waals surface area contributed by atoms with Gasteiger partial charge in [0.15, 0.2) is 0 Å². The Morgan fingerprint density at radius 1 is 1.26 bits per heavy atom. The van der Waals surface area contributed by atoms with Gasteiger partial charge in [0, 0.05) is 37.7 Å². The SMILES string of the molecule is O=C(Cc1cccs1)N1C[C@H]2CN(CC3CCCO3)CC[C@H]2C1. The highest BCUT2D eigenvalue weighted by Gasteiger charge is 2.39. The second kappa shape index (κ2) is 6.91. The van der Waals surface area contributed by atoms with E-state index in [9.17, 15) is 4.79 Å². The van der Waals surface area contributed by atoms with Gasteiger partial charge in [0.05, 0.1) is 12.5 Å². The zero-order chi connectivity index (χ0) is 15.6. The Bertz CT molecular complexity index is 527. The number of hydrogen-bond donors (Lipinski definition) is 0. The third kappa shape index (κ3) is 3.62. The lowest BCUT2D eigenvalue weighted by atomic mass is 9.88. The molecule has 0 aromatic carbocycles. The molecule has 1 aromatic heterocycles. The first-order valence-corrected chi connectivity index (χ1v) is 9.80. The van der Waals surface area contributed by atoms with E-state index in [4.69, 9.17) is 4.74 Å². The highest BCUT2D eigenvalue weighted by Crippen LogP contribution is 2.32. The minimum atomic E-state index is 0.313. The highest BCUT2D eigenvalue weighted by molar-refractivity contribution is 7.10. The summed E-state index contributed by atoms with van der Waals surface area (Å²) in [5.74, 6) is 1.69. The Morgan fingerprint density at radius 3 is 2.96 bits per heavy atom. The molecule has 1 unspecified atom stereocenters. The molecule has 126 valence electrons. The summed E-state index contributed by atoms with van der Waals surface area (Å²) in [7, 11) is 0. The standard InChI is InChI=1S/C18H26N2O2S/c21-18(9-17-4-2-8-23-17)20-11-14-5-6-19(10-15(14)12-20)13-16-3-1-7-22-16/h2,4,8,14-16H,1,3,5-7,9-13H2/t14-,15+,16?/m0/s1. The van der Waals surface area contributed by atoms with Gasteiger partial charge in [-0.2, -0.15) is 0 Å². The fraction of sp³-hybridized carbons (Fsp3) is 0.722. The van der Waals surface area contributed by atoms with E-state index in [1.54, 1.807) is 11.3 Å². The van der Waals surface area contributed by atoms with Gasteiger partial charge in [-0.3, -0.25) is 4.79 Å². The topological polar surface area (TPSA) is 32.8 Å². The highest BCUT2D eigenvalue weighted by atomic mass is 32.1. The molecular weight excluding hydrogens is 308 g/mol. The molecule has 0 spiro atoms. The van der Waals surface area contributed by atoms with Crippen LogP contribution in [0.4, 0.5) is 0 Å². The third-order valence-electron chi connectivity index (χ3n) is 5.63. The third-order valence-corrected chi connectivity index (χ3v) is 6.51. The molecule has 3 atom stereocenters. The average Bonchev–Trinajstić information content (AvgIpc) is 3.27. The van der Waals surface area contributed by atoms with E-state index in [0.717, 1.165) is 32.8 Å². The lowest BCUT2D eigenvalue weighted by Crippen LogP contribution is -2.43. The number of nitrogens with zero attached hydrogens (tertiary/aromatic N) is 2. The van der Waals surface area contributed by atoms with Crippen LogP contribution in [0.2, 0.25) is 0 Å². The lowest BCUT2D eigenvalue weighted by molar-refractivity contribution is -0.129. The Kier molecular flexibility index (Phi) is 4.69. The van der Waals surface area contributed by atoms with Crippen LogP contribution in [0.5, 0.6) is 0 Å². The summed E-state index contributed by atoms with van der Waals surface area (Å²) in [4.78, 5) is 18.4. The summed E-state index contributed by atoms with van der Waals surface area (Å²) >= 11 is 1.68. The van der Waals surface area contributed by atoms with Crippen molar-refractivity contribution in [2.24, 2.45) is 11.8 Å². The van der Waals surface area contributed by atoms with Crippen molar-refractivity contribution in [2.75, 3.05) is 39.3 Å². The summed E-state index contributed by atoms with van der Waals surface area (Å²) in [6.45, 7) is 6.28. The Morgan fingerprint density at radius 2 is 2.17 bits per heavy atom. The smallest absolute Gasteiger partial charge is 0.227 e. The van der Waals surface area contributed by atoms with Gasteiger partial charge < -0.3 is 14.5 Å².